The van der Waals surface area contributed by atoms with E-state index in [-0.39, 0.29) is 27.7 Å². The number of nitrogens with zero attached hydrogens (tertiary/aromatic N) is 3. The van der Waals surface area contributed by atoms with Gasteiger partial charge in [0.05, 0.1) is 34.5 Å². The molecule has 3 aromatic heterocycles. The fourth-order valence-corrected chi connectivity index (χ4v) is 4.23. The third-order valence-electron chi connectivity index (χ3n) is 5.76. The number of aromatic nitrogens is 4. The van der Waals surface area contributed by atoms with E-state index >= 15 is 0 Å². The molecule has 0 radical (unpaired) electrons. The summed E-state index contributed by atoms with van der Waals surface area (Å²) in [7, 11) is 0. The van der Waals surface area contributed by atoms with Crippen LogP contribution >= 0.6 is 0 Å². The maximum absolute atomic E-state index is 13.6. The lowest BCUT2D eigenvalue weighted by atomic mass is 9.89. The van der Waals surface area contributed by atoms with E-state index in [4.69, 9.17) is 10.8 Å². The maximum atomic E-state index is 13.6. The van der Waals surface area contributed by atoms with Gasteiger partial charge in [0.15, 0.2) is 5.43 Å². The quantitative estimate of drug-likeness (QED) is 0.493. The van der Waals surface area contributed by atoms with Crippen LogP contribution in [0.2, 0.25) is 0 Å². The van der Waals surface area contributed by atoms with Crippen LogP contribution in [0, 0.1) is 19.7 Å². The maximum Gasteiger partial charge on any atom is 0.268 e. The molecule has 3 heterocycles. The summed E-state index contributed by atoms with van der Waals surface area (Å²) in [4.78, 5) is 32.0. The van der Waals surface area contributed by atoms with Crippen molar-refractivity contribution in [3.63, 3.8) is 0 Å². The van der Waals surface area contributed by atoms with Gasteiger partial charge in [-0.15, -0.1) is 0 Å². The number of benzene rings is 1. The number of nitrogens with two attached hydrogens (primary N) is 1. The molecule has 0 bridgehead atoms. The van der Waals surface area contributed by atoms with Crippen molar-refractivity contribution in [2.75, 3.05) is 0 Å². The molecule has 1 amide bonds. The Morgan fingerprint density at radius 2 is 1.91 bits per heavy atom. The first-order chi connectivity index (χ1) is 15.5. The number of hydrogen-bond acceptors (Lipinski definition) is 4. The molecule has 0 aliphatic carbocycles. The molecular formula is C25H26FN5O2. The van der Waals surface area contributed by atoms with E-state index in [1.165, 1.54) is 24.4 Å². The standard InChI is InChI=1S/C25H26FN5O2/c1-13-10-16(26)7-6-15(13)12-31-22(14(2)23(30-31)25(3,4)5)18-11-19(32)20-17(29-18)8-9-28-21(20)24(27)33/h6-11H,12H2,1-5H3,(H2,27,33)(H,29,32). The zero-order chi connectivity index (χ0) is 24.1. The lowest BCUT2D eigenvalue weighted by Gasteiger charge is -2.16. The molecule has 1 aromatic carbocycles. The Labute approximate surface area is 190 Å². The van der Waals surface area contributed by atoms with E-state index < -0.39 is 5.91 Å². The number of aryl methyl sites for hydroxylation is 1. The smallest absolute Gasteiger partial charge is 0.268 e. The van der Waals surface area contributed by atoms with Crippen LogP contribution in [0.5, 0.6) is 0 Å². The van der Waals surface area contributed by atoms with Crippen molar-refractivity contribution in [1.82, 2.24) is 19.7 Å². The van der Waals surface area contributed by atoms with Crippen LogP contribution < -0.4 is 11.2 Å². The van der Waals surface area contributed by atoms with Gasteiger partial charge in [0.2, 0.25) is 0 Å². The third-order valence-corrected chi connectivity index (χ3v) is 5.76. The topological polar surface area (TPSA) is 107 Å². The van der Waals surface area contributed by atoms with Crippen LogP contribution in [-0.2, 0) is 12.0 Å². The number of fused-ring (bicyclic) bond motifs is 1. The number of aromatic amines is 1. The summed E-state index contributed by atoms with van der Waals surface area (Å²) in [6, 6.07) is 7.75. The zero-order valence-corrected chi connectivity index (χ0v) is 19.3. The Hall–Kier alpha value is -3.81. The minimum absolute atomic E-state index is 0.0668. The van der Waals surface area contributed by atoms with E-state index in [2.05, 4.69) is 30.7 Å². The Morgan fingerprint density at radius 3 is 2.55 bits per heavy atom. The average Bonchev–Trinajstić information content (AvgIpc) is 3.05. The van der Waals surface area contributed by atoms with Crippen LogP contribution in [0.25, 0.3) is 22.3 Å². The Kier molecular flexibility index (Phi) is 5.40. The molecule has 0 atom stereocenters. The second-order valence-electron chi connectivity index (χ2n) is 9.29. The normalized spacial score (nSPS) is 11.8. The number of pyridine rings is 2. The van der Waals surface area contributed by atoms with Gasteiger partial charge in [0.25, 0.3) is 5.91 Å². The predicted octanol–water partition coefficient (Wildman–Crippen LogP) is 3.99. The summed E-state index contributed by atoms with van der Waals surface area (Å²) in [5.74, 6) is -1.05. The number of halogens is 1. The Balaban J connectivity index is 1.96. The summed E-state index contributed by atoms with van der Waals surface area (Å²) in [6.07, 6.45) is 1.44. The molecule has 0 saturated heterocycles. The van der Waals surface area contributed by atoms with Gasteiger partial charge in [-0.3, -0.25) is 19.3 Å². The highest BCUT2D eigenvalue weighted by atomic mass is 19.1. The van der Waals surface area contributed by atoms with Gasteiger partial charge in [-0.05, 0) is 43.2 Å². The summed E-state index contributed by atoms with van der Waals surface area (Å²) in [5.41, 5.74) is 10.1. The highest BCUT2D eigenvalue weighted by Gasteiger charge is 2.26. The summed E-state index contributed by atoms with van der Waals surface area (Å²) in [6.45, 7) is 10.5. The fourth-order valence-electron chi connectivity index (χ4n) is 4.23. The summed E-state index contributed by atoms with van der Waals surface area (Å²) >= 11 is 0. The summed E-state index contributed by atoms with van der Waals surface area (Å²) in [5, 5.41) is 5.04. The highest BCUT2D eigenvalue weighted by Crippen LogP contribution is 2.32. The molecule has 8 heteroatoms. The molecular weight excluding hydrogens is 421 g/mol. The first-order valence-corrected chi connectivity index (χ1v) is 10.6. The van der Waals surface area contributed by atoms with E-state index in [0.717, 1.165) is 28.1 Å². The van der Waals surface area contributed by atoms with Gasteiger partial charge in [-0.2, -0.15) is 5.10 Å². The van der Waals surface area contributed by atoms with Gasteiger partial charge in [0.1, 0.15) is 11.5 Å². The number of carbonyl (C=O) groups excluding carboxylic acids is 1. The number of amides is 1. The van der Waals surface area contributed by atoms with Crippen LogP contribution in [0.3, 0.4) is 0 Å². The Bertz CT molecular complexity index is 1460. The summed E-state index contributed by atoms with van der Waals surface area (Å²) < 4.78 is 15.5. The van der Waals surface area contributed by atoms with Crippen molar-refractivity contribution < 1.29 is 9.18 Å². The molecule has 0 spiro atoms. The van der Waals surface area contributed by atoms with E-state index in [1.54, 1.807) is 12.1 Å². The average molecular weight is 448 g/mol. The van der Waals surface area contributed by atoms with E-state index in [1.807, 2.05) is 18.5 Å². The molecule has 0 fully saturated rings. The van der Waals surface area contributed by atoms with E-state index in [9.17, 15) is 14.0 Å². The van der Waals surface area contributed by atoms with Crippen LogP contribution in [-0.4, -0.2) is 25.7 Å². The molecule has 170 valence electrons. The minimum Gasteiger partial charge on any atom is -0.364 e. The number of primary amides is 1. The van der Waals surface area contributed by atoms with Crippen molar-refractivity contribution in [3.05, 3.63) is 80.6 Å². The lowest BCUT2D eigenvalue weighted by Crippen LogP contribution is -2.18. The SMILES string of the molecule is Cc1cc(F)ccc1Cn1nc(C(C)(C)C)c(C)c1-c1cc(=O)c2c(C(N)=O)nccc2[nH]1. The second-order valence-corrected chi connectivity index (χ2v) is 9.29. The van der Waals surface area contributed by atoms with Gasteiger partial charge in [-0.25, -0.2) is 4.39 Å². The van der Waals surface area contributed by atoms with Crippen LogP contribution in [0.4, 0.5) is 4.39 Å². The van der Waals surface area contributed by atoms with Gasteiger partial charge >= 0.3 is 0 Å². The van der Waals surface area contributed by atoms with Crippen molar-refractivity contribution in [2.24, 2.45) is 5.73 Å². The minimum atomic E-state index is -0.762. The van der Waals surface area contributed by atoms with E-state index in [0.29, 0.717) is 17.8 Å². The predicted molar refractivity (Wildman–Crippen MR) is 126 cm³/mol. The largest absolute Gasteiger partial charge is 0.364 e. The number of carbonyl (C=O) groups is 1. The zero-order valence-electron chi connectivity index (χ0n) is 19.3. The Morgan fingerprint density at radius 1 is 1.18 bits per heavy atom. The molecule has 7 nitrogen and oxygen atoms in total. The number of H-pyrrole nitrogens is 1. The molecule has 0 saturated carbocycles. The van der Waals surface area contributed by atoms with Crippen molar-refractivity contribution >= 4 is 16.8 Å². The first kappa shape index (κ1) is 22.4. The molecule has 3 N–H and O–H groups in total. The third kappa shape index (κ3) is 4.04. The molecule has 4 rings (SSSR count). The first-order valence-electron chi connectivity index (χ1n) is 10.6. The fraction of sp³-hybridized carbons (Fsp3) is 0.280. The molecule has 0 aliphatic rings. The van der Waals surface area contributed by atoms with Gasteiger partial charge in [0, 0.05) is 23.2 Å². The molecule has 33 heavy (non-hydrogen) atoms. The van der Waals surface area contributed by atoms with Crippen LogP contribution in [0.15, 0.2) is 41.3 Å². The lowest BCUT2D eigenvalue weighted by molar-refractivity contribution is 0.0997. The highest BCUT2D eigenvalue weighted by molar-refractivity contribution is 6.03. The molecule has 0 unspecified atom stereocenters. The monoisotopic (exact) mass is 447 g/mol. The number of hydrogen-bond donors (Lipinski definition) is 2. The number of nitrogens with one attached hydrogen (secondary N) is 1. The van der Waals surface area contributed by atoms with Crippen molar-refractivity contribution in [3.8, 4) is 11.4 Å². The molecule has 0 aliphatic heterocycles. The van der Waals surface area contributed by atoms with Gasteiger partial charge < -0.3 is 10.7 Å². The van der Waals surface area contributed by atoms with Crippen molar-refractivity contribution in [1.29, 1.82) is 0 Å². The molecule has 4 aromatic rings. The number of rotatable bonds is 4. The second kappa shape index (κ2) is 7.95. The van der Waals surface area contributed by atoms with Gasteiger partial charge in [-0.1, -0.05) is 26.8 Å². The van der Waals surface area contributed by atoms with Crippen LogP contribution in [0.1, 0.15) is 53.6 Å². The van der Waals surface area contributed by atoms with Crippen molar-refractivity contribution in [2.45, 2.75) is 46.6 Å².